The van der Waals surface area contributed by atoms with Gasteiger partial charge in [0.1, 0.15) is 11.3 Å². The van der Waals surface area contributed by atoms with Crippen LogP contribution in [-0.2, 0) is 11.3 Å². The standard InChI is InChI=1S/C20H21N3O3/c1-3-26-20(24)16-12-23-19-15(8-5-9-17(19)21)18(16)22-11-13-6-4-7-14(10-13)25-2/h4-10,12H,3,11,21H2,1-2H3,(H,22,23). The third-order valence-electron chi connectivity index (χ3n) is 4.03. The Hall–Kier alpha value is -3.28. The summed E-state index contributed by atoms with van der Waals surface area (Å²) in [4.78, 5) is 16.7. The molecule has 0 radical (unpaired) electrons. The van der Waals surface area contributed by atoms with Crippen LogP contribution in [0.3, 0.4) is 0 Å². The van der Waals surface area contributed by atoms with Crippen molar-refractivity contribution >= 4 is 28.2 Å². The molecule has 0 fully saturated rings. The molecule has 6 nitrogen and oxygen atoms in total. The molecule has 0 aliphatic heterocycles. The Balaban J connectivity index is 2.01. The van der Waals surface area contributed by atoms with E-state index in [2.05, 4.69) is 10.3 Å². The number of carbonyl (C=O) groups excluding carboxylic acids is 1. The summed E-state index contributed by atoms with van der Waals surface area (Å²) in [6.45, 7) is 2.58. The van der Waals surface area contributed by atoms with E-state index in [-0.39, 0.29) is 0 Å². The molecule has 0 bridgehead atoms. The van der Waals surface area contributed by atoms with Crippen LogP contribution in [0.25, 0.3) is 10.9 Å². The van der Waals surface area contributed by atoms with Crippen LogP contribution in [-0.4, -0.2) is 24.7 Å². The molecule has 1 aromatic heterocycles. The van der Waals surface area contributed by atoms with Gasteiger partial charge in [-0.15, -0.1) is 0 Å². The zero-order valence-corrected chi connectivity index (χ0v) is 14.8. The van der Waals surface area contributed by atoms with Crippen molar-refractivity contribution in [2.75, 3.05) is 24.8 Å². The summed E-state index contributed by atoms with van der Waals surface area (Å²) in [6, 6.07) is 13.2. The predicted octanol–water partition coefficient (Wildman–Crippen LogP) is 3.61. The van der Waals surface area contributed by atoms with E-state index < -0.39 is 5.97 Å². The maximum Gasteiger partial charge on any atom is 0.341 e. The average Bonchev–Trinajstić information content (AvgIpc) is 2.66. The Kier molecular flexibility index (Phi) is 5.22. The summed E-state index contributed by atoms with van der Waals surface area (Å²) in [5, 5.41) is 4.11. The van der Waals surface area contributed by atoms with Crippen LogP contribution in [0, 0.1) is 0 Å². The number of nitrogen functional groups attached to an aromatic ring is 1. The van der Waals surface area contributed by atoms with Crippen LogP contribution >= 0.6 is 0 Å². The fourth-order valence-corrected chi connectivity index (χ4v) is 2.77. The number of para-hydroxylation sites is 1. The number of hydrogen-bond donors (Lipinski definition) is 2. The van der Waals surface area contributed by atoms with Crippen molar-refractivity contribution in [3.8, 4) is 5.75 Å². The number of fused-ring (bicyclic) bond motifs is 1. The van der Waals surface area contributed by atoms with Crippen molar-refractivity contribution in [1.29, 1.82) is 0 Å². The van der Waals surface area contributed by atoms with Gasteiger partial charge in [0.05, 0.1) is 30.6 Å². The molecule has 3 N–H and O–H groups in total. The minimum Gasteiger partial charge on any atom is -0.497 e. The van der Waals surface area contributed by atoms with Crippen LogP contribution in [0.15, 0.2) is 48.7 Å². The van der Waals surface area contributed by atoms with E-state index in [0.29, 0.717) is 35.6 Å². The SMILES string of the molecule is CCOC(=O)c1cnc2c(N)cccc2c1NCc1cccc(OC)c1. The van der Waals surface area contributed by atoms with E-state index in [1.54, 1.807) is 20.1 Å². The molecule has 0 saturated carbocycles. The van der Waals surface area contributed by atoms with Gasteiger partial charge in [0, 0.05) is 18.1 Å². The molecule has 0 unspecified atom stereocenters. The van der Waals surface area contributed by atoms with Gasteiger partial charge in [-0.3, -0.25) is 4.98 Å². The highest BCUT2D eigenvalue weighted by atomic mass is 16.5. The molecular weight excluding hydrogens is 330 g/mol. The summed E-state index contributed by atoms with van der Waals surface area (Å²) in [5.74, 6) is 0.358. The molecule has 1 heterocycles. The second kappa shape index (κ2) is 7.74. The molecule has 0 amide bonds. The van der Waals surface area contributed by atoms with E-state index in [4.69, 9.17) is 15.2 Å². The zero-order valence-electron chi connectivity index (χ0n) is 14.8. The Morgan fingerprint density at radius 2 is 2.04 bits per heavy atom. The minimum absolute atomic E-state index is 0.295. The van der Waals surface area contributed by atoms with Crippen molar-refractivity contribution < 1.29 is 14.3 Å². The van der Waals surface area contributed by atoms with Crippen molar-refractivity contribution in [3.63, 3.8) is 0 Å². The smallest absolute Gasteiger partial charge is 0.341 e. The monoisotopic (exact) mass is 351 g/mol. The first-order valence-corrected chi connectivity index (χ1v) is 8.35. The van der Waals surface area contributed by atoms with Crippen LogP contribution in [0.4, 0.5) is 11.4 Å². The quantitative estimate of drug-likeness (QED) is 0.521. The van der Waals surface area contributed by atoms with Crippen LogP contribution in [0.2, 0.25) is 0 Å². The topological polar surface area (TPSA) is 86.5 Å². The van der Waals surface area contributed by atoms with Crippen LogP contribution in [0.1, 0.15) is 22.8 Å². The number of methoxy groups -OCH3 is 1. The number of hydrogen-bond acceptors (Lipinski definition) is 6. The van der Waals surface area contributed by atoms with Gasteiger partial charge in [-0.05, 0) is 30.7 Å². The molecule has 134 valence electrons. The van der Waals surface area contributed by atoms with Gasteiger partial charge >= 0.3 is 5.97 Å². The number of pyridine rings is 1. The maximum atomic E-state index is 12.4. The average molecular weight is 351 g/mol. The lowest BCUT2D eigenvalue weighted by Gasteiger charge is -2.15. The van der Waals surface area contributed by atoms with Crippen molar-refractivity contribution in [2.24, 2.45) is 0 Å². The van der Waals surface area contributed by atoms with Crippen molar-refractivity contribution in [1.82, 2.24) is 4.98 Å². The normalized spacial score (nSPS) is 10.5. The third-order valence-corrected chi connectivity index (χ3v) is 4.03. The number of anilines is 2. The predicted molar refractivity (Wildman–Crippen MR) is 102 cm³/mol. The van der Waals surface area contributed by atoms with E-state index >= 15 is 0 Å². The van der Waals surface area contributed by atoms with E-state index in [9.17, 15) is 4.79 Å². The zero-order chi connectivity index (χ0) is 18.5. The van der Waals surface area contributed by atoms with Gasteiger partial charge in [-0.1, -0.05) is 24.3 Å². The van der Waals surface area contributed by atoms with Gasteiger partial charge < -0.3 is 20.5 Å². The van der Waals surface area contributed by atoms with E-state index in [0.717, 1.165) is 16.7 Å². The molecule has 0 atom stereocenters. The maximum absolute atomic E-state index is 12.4. The van der Waals surface area contributed by atoms with E-state index in [1.165, 1.54) is 6.20 Å². The number of esters is 1. The highest BCUT2D eigenvalue weighted by molar-refractivity contribution is 6.07. The van der Waals surface area contributed by atoms with Crippen molar-refractivity contribution in [3.05, 3.63) is 59.8 Å². The summed E-state index contributed by atoms with van der Waals surface area (Å²) in [7, 11) is 1.63. The summed E-state index contributed by atoms with van der Waals surface area (Å²) >= 11 is 0. The lowest BCUT2D eigenvalue weighted by atomic mass is 10.1. The fraction of sp³-hybridized carbons (Fsp3) is 0.200. The Bertz CT molecular complexity index is 941. The van der Waals surface area contributed by atoms with E-state index in [1.807, 2.05) is 36.4 Å². The summed E-state index contributed by atoms with van der Waals surface area (Å²) in [6.07, 6.45) is 1.50. The molecule has 26 heavy (non-hydrogen) atoms. The van der Waals surface area contributed by atoms with Gasteiger partial charge in [-0.2, -0.15) is 0 Å². The molecule has 6 heteroatoms. The molecule has 0 spiro atoms. The molecule has 3 rings (SSSR count). The van der Waals surface area contributed by atoms with Gasteiger partial charge in [0.2, 0.25) is 0 Å². The molecule has 3 aromatic rings. The lowest BCUT2D eigenvalue weighted by Crippen LogP contribution is -2.11. The first kappa shape index (κ1) is 17.5. The second-order valence-corrected chi connectivity index (χ2v) is 5.72. The number of benzene rings is 2. The van der Waals surface area contributed by atoms with Crippen LogP contribution in [0.5, 0.6) is 5.75 Å². The number of carbonyl (C=O) groups is 1. The summed E-state index contributed by atoms with van der Waals surface area (Å²) < 4.78 is 10.4. The number of rotatable bonds is 6. The molecule has 0 aliphatic carbocycles. The highest BCUT2D eigenvalue weighted by Crippen LogP contribution is 2.30. The number of aromatic nitrogens is 1. The van der Waals surface area contributed by atoms with Gasteiger partial charge in [0.25, 0.3) is 0 Å². The Labute approximate surface area is 151 Å². The molecule has 0 saturated heterocycles. The largest absolute Gasteiger partial charge is 0.497 e. The van der Waals surface area contributed by atoms with Gasteiger partial charge in [0.15, 0.2) is 0 Å². The number of nitrogens with one attached hydrogen (secondary N) is 1. The second-order valence-electron chi connectivity index (χ2n) is 5.72. The first-order valence-electron chi connectivity index (χ1n) is 8.35. The minimum atomic E-state index is -0.419. The lowest BCUT2D eigenvalue weighted by molar-refractivity contribution is 0.0527. The third kappa shape index (κ3) is 3.54. The Morgan fingerprint density at radius 1 is 1.23 bits per heavy atom. The Morgan fingerprint density at radius 3 is 2.81 bits per heavy atom. The van der Waals surface area contributed by atoms with Crippen molar-refractivity contribution in [2.45, 2.75) is 13.5 Å². The fourth-order valence-electron chi connectivity index (χ4n) is 2.77. The van der Waals surface area contributed by atoms with Gasteiger partial charge in [-0.25, -0.2) is 4.79 Å². The van der Waals surface area contributed by atoms with Crippen LogP contribution < -0.4 is 15.8 Å². The first-order chi connectivity index (χ1) is 12.6. The molecular formula is C20H21N3O3. The molecule has 0 aliphatic rings. The molecule has 2 aromatic carbocycles. The summed E-state index contributed by atoms with van der Waals surface area (Å²) in [5.41, 5.74) is 9.30. The highest BCUT2D eigenvalue weighted by Gasteiger charge is 2.17. The number of nitrogens with two attached hydrogens (primary N) is 1. The number of nitrogens with zero attached hydrogens (tertiary/aromatic N) is 1. The number of ether oxygens (including phenoxy) is 2.